The summed E-state index contributed by atoms with van der Waals surface area (Å²) in [4.78, 5) is 0.637. The van der Waals surface area contributed by atoms with E-state index in [-0.39, 0.29) is 11.9 Å². The summed E-state index contributed by atoms with van der Waals surface area (Å²) < 4.78 is 16.5. The van der Waals surface area contributed by atoms with Crippen LogP contribution in [-0.4, -0.2) is 21.6 Å². The van der Waals surface area contributed by atoms with Gasteiger partial charge in [0.1, 0.15) is 5.82 Å². The van der Waals surface area contributed by atoms with E-state index in [9.17, 15) is 4.39 Å². The van der Waals surface area contributed by atoms with E-state index in [1.165, 1.54) is 17.8 Å². The molecule has 2 rings (SSSR count). The number of thioether (sulfide) groups is 1. The minimum Gasteiger partial charge on any atom is -0.271 e. The second-order valence-corrected chi connectivity index (χ2v) is 6.63. The summed E-state index contributed by atoms with van der Waals surface area (Å²) in [7, 11) is 1.91. The van der Waals surface area contributed by atoms with Gasteiger partial charge in [-0.1, -0.05) is 12.1 Å². The molecule has 1 unspecified atom stereocenters. The van der Waals surface area contributed by atoms with Gasteiger partial charge in [0.05, 0.1) is 15.9 Å². The predicted octanol–water partition coefficient (Wildman–Crippen LogP) is 2.80. The van der Waals surface area contributed by atoms with Crippen LogP contribution in [0.5, 0.6) is 0 Å². The molecule has 0 spiro atoms. The van der Waals surface area contributed by atoms with Gasteiger partial charge in [-0.15, -0.1) is 11.8 Å². The summed E-state index contributed by atoms with van der Waals surface area (Å²) >= 11 is 5.00. The van der Waals surface area contributed by atoms with Crippen LogP contribution in [0.25, 0.3) is 0 Å². The molecule has 114 valence electrons. The Labute approximate surface area is 136 Å². The summed E-state index contributed by atoms with van der Waals surface area (Å²) in [5.74, 6) is 6.10. The number of benzene rings is 1. The second-order valence-electron chi connectivity index (χ2n) is 4.78. The number of aromatic nitrogens is 2. The number of aryl methyl sites for hydroxylation is 2. The van der Waals surface area contributed by atoms with Crippen LogP contribution < -0.4 is 11.3 Å². The Morgan fingerprint density at radius 1 is 1.48 bits per heavy atom. The lowest BCUT2D eigenvalue weighted by atomic mass is 10.2. The molecule has 0 aliphatic rings. The van der Waals surface area contributed by atoms with Gasteiger partial charge in [-0.3, -0.25) is 16.0 Å². The number of nitrogens with zero attached hydrogens (tertiary/aromatic N) is 2. The highest BCUT2D eigenvalue weighted by atomic mass is 79.9. The first-order valence-electron chi connectivity index (χ1n) is 6.54. The molecule has 4 nitrogen and oxygen atoms in total. The number of halogens is 2. The first-order chi connectivity index (χ1) is 10.0. The average Bonchev–Trinajstić information content (AvgIpc) is 2.70. The number of hydrogen-bond acceptors (Lipinski definition) is 4. The van der Waals surface area contributed by atoms with Gasteiger partial charge in [0.25, 0.3) is 0 Å². The molecule has 1 atom stereocenters. The van der Waals surface area contributed by atoms with Gasteiger partial charge in [-0.25, -0.2) is 4.39 Å². The zero-order chi connectivity index (χ0) is 15.4. The zero-order valence-corrected chi connectivity index (χ0v) is 14.3. The smallest absolute Gasteiger partial charge is 0.136 e. The van der Waals surface area contributed by atoms with Crippen LogP contribution in [0.2, 0.25) is 0 Å². The molecule has 1 aromatic heterocycles. The highest BCUT2D eigenvalue weighted by Crippen LogP contribution is 2.25. The van der Waals surface area contributed by atoms with Crippen LogP contribution >= 0.6 is 27.7 Å². The van der Waals surface area contributed by atoms with Crippen molar-refractivity contribution in [3.8, 4) is 0 Å². The number of nitrogens with one attached hydrogen (secondary N) is 1. The molecule has 3 N–H and O–H groups in total. The van der Waals surface area contributed by atoms with Crippen molar-refractivity contribution in [2.45, 2.75) is 24.3 Å². The summed E-state index contributed by atoms with van der Waals surface area (Å²) in [5.41, 5.74) is 4.82. The van der Waals surface area contributed by atoms with Crippen molar-refractivity contribution in [3.63, 3.8) is 0 Å². The maximum Gasteiger partial charge on any atom is 0.136 e. The van der Waals surface area contributed by atoms with Crippen molar-refractivity contribution in [2.24, 2.45) is 12.9 Å². The van der Waals surface area contributed by atoms with Gasteiger partial charge in [0, 0.05) is 30.2 Å². The largest absolute Gasteiger partial charge is 0.271 e. The fourth-order valence-electron chi connectivity index (χ4n) is 2.05. The van der Waals surface area contributed by atoms with Crippen LogP contribution in [0.3, 0.4) is 0 Å². The van der Waals surface area contributed by atoms with E-state index in [2.05, 4.69) is 26.5 Å². The van der Waals surface area contributed by atoms with Gasteiger partial charge in [0.15, 0.2) is 0 Å². The Balaban J connectivity index is 2.02. The molecule has 2 aromatic rings. The molecular weight excluding hydrogens is 355 g/mol. The highest BCUT2D eigenvalue weighted by molar-refractivity contribution is 9.10. The van der Waals surface area contributed by atoms with Crippen molar-refractivity contribution >= 4 is 27.7 Å². The molecule has 0 amide bonds. The van der Waals surface area contributed by atoms with Crippen LogP contribution in [0.4, 0.5) is 4.39 Å². The normalized spacial score (nSPS) is 12.6. The van der Waals surface area contributed by atoms with E-state index >= 15 is 0 Å². The summed E-state index contributed by atoms with van der Waals surface area (Å²) in [5, 5.41) is 4.36. The Hall–Kier alpha value is -0.890. The molecular formula is C14H18BrFN4S. The van der Waals surface area contributed by atoms with E-state index in [0.29, 0.717) is 10.6 Å². The van der Waals surface area contributed by atoms with Crippen molar-refractivity contribution in [1.82, 2.24) is 15.2 Å². The second kappa shape index (κ2) is 7.40. The topological polar surface area (TPSA) is 55.9 Å². The van der Waals surface area contributed by atoms with Gasteiger partial charge < -0.3 is 0 Å². The standard InChI is InChI=1S/C14H18BrFN4S/c1-9-14(15)12(20(2)19-9)7-10(18-17)8-21-13-6-4-3-5-11(13)16/h3-6,10,18H,7-8,17H2,1-2H3. The molecule has 1 aromatic carbocycles. The minimum absolute atomic E-state index is 0.0284. The quantitative estimate of drug-likeness (QED) is 0.465. The first kappa shape index (κ1) is 16.5. The maximum atomic E-state index is 13.6. The number of nitrogens with two attached hydrogens (primary N) is 1. The van der Waals surface area contributed by atoms with Gasteiger partial charge in [-0.05, 0) is 35.0 Å². The number of hydrogen-bond donors (Lipinski definition) is 2. The minimum atomic E-state index is -0.198. The molecule has 0 saturated carbocycles. The Morgan fingerprint density at radius 2 is 2.19 bits per heavy atom. The molecule has 1 heterocycles. The lowest BCUT2D eigenvalue weighted by Crippen LogP contribution is -2.39. The molecule has 0 aliphatic heterocycles. The molecule has 0 bridgehead atoms. The van der Waals surface area contributed by atoms with Crippen LogP contribution in [-0.2, 0) is 13.5 Å². The van der Waals surface area contributed by atoms with E-state index in [0.717, 1.165) is 22.3 Å². The SMILES string of the molecule is Cc1nn(C)c(CC(CSc2ccccc2F)NN)c1Br. The van der Waals surface area contributed by atoms with Gasteiger partial charge >= 0.3 is 0 Å². The van der Waals surface area contributed by atoms with E-state index in [1.54, 1.807) is 12.1 Å². The van der Waals surface area contributed by atoms with E-state index in [4.69, 9.17) is 5.84 Å². The van der Waals surface area contributed by atoms with Crippen molar-refractivity contribution in [2.75, 3.05) is 5.75 Å². The number of hydrazine groups is 1. The molecule has 0 saturated heterocycles. The van der Waals surface area contributed by atoms with Crippen molar-refractivity contribution in [1.29, 1.82) is 0 Å². The maximum absolute atomic E-state index is 13.6. The lowest BCUT2D eigenvalue weighted by molar-refractivity contribution is 0.549. The molecule has 0 aliphatic carbocycles. The third-order valence-electron chi connectivity index (χ3n) is 3.21. The van der Waals surface area contributed by atoms with Crippen molar-refractivity contribution < 1.29 is 4.39 Å². The number of rotatable bonds is 6. The third kappa shape index (κ3) is 4.06. The fourth-order valence-corrected chi connectivity index (χ4v) is 3.53. The Bertz CT molecular complexity index is 617. The monoisotopic (exact) mass is 372 g/mol. The zero-order valence-electron chi connectivity index (χ0n) is 11.9. The van der Waals surface area contributed by atoms with Crippen molar-refractivity contribution in [3.05, 3.63) is 45.9 Å². The predicted molar refractivity (Wildman–Crippen MR) is 87.6 cm³/mol. The van der Waals surface area contributed by atoms with Crippen LogP contribution in [0.15, 0.2) is 33.6 Å². The summed E-state index contributed by atoms with van der Waals surface area (Å²) in [6, 6.07) is 6.79. The third-order valence-corrected chi connectivity index (χ3v) is 5.46. The summed E-state index contributed by atoms with van der Waals surface area (Å²) in [6.45, 7) is 1.95. The first-order valence-corrected chi connectivity index (χ1v) is 8.32. The van der Waals surface area contributed by atoms with Crippen LogP contribution in [0.1, 0.15) is 11.4 Å². The fraction of sp³-hybridized carbons (Fsp3) is 0.357. The van der Waals surface area contributed by atoms with Gasteiger partial charge in [0.2, 0.25) is 0 Å². The van der Waals surface area contributed by atoms with E-state index in [1.807, 2.05) is 24.7 Å². The Kier molecular flexibility index (Phi) is 5.80. The van der Waals surface area contributed by atoms with E-state index < -0.39 is 0 Å². The Morgan fingerprint density at radius 3 is 2.76 bits per heavy atom. The van der Waals surface area contributed by atoms with Crippen LogP contribution in [0, 0.1) is 12.7 Å². The molecule has 21 heavy (non-hydrogen) atoms. The highest BCUT2D eigenvalue weighted by Gasteiger charge is 2.16. The average molecular weight is 373 g/mol. The van der Waals surface area contributed by atoms with Gasteiger partial charge in [-0.2, -0.15) is 5.10 Å². The lowest BCUT2D eigenvalue weighted by Gasteiger charge is -2.16. The summed E-state index contributed by atoms with van der Waals surface area (Å²) in [6.07, 6.45) is 0.718. The molecule has 0 radical (unpaired) electrons. The molecule has 7 heteroatoms. The molecule has 0 fully saturated rings.